The van der Waals surface area contributed by atoms with Crippen LogP contribution < -0.4 is 10.6 Å². The van der Waals surface area contributed by atoms with E-state index in [2.05, 4.69) is 34.9 Å². The van der Waals surface area contributed by atoms with Gasteiger partial charge in [0, 0.05) is 12.3 Å². The zero-order valence-electron chi connectivity index (χ0n) is 18.8. The van der Waals surface area contributed by atoms with Gasteiger partial charge >= 0.3 is 12.1 Å². The van der Waals surface area contributed by atoms with E-state index in [1.165, 1.54) is 0 Å². The fourth-order valence-electron chi connectivity index (χ4n) is 4.57. The predicted molar refractivity (Wildman–Crippen MR) is 124 cm³/mol. The summed E-state index contributed by atoms with van der Waals surface area (Å²) in [5.74, 6) is -1.43. The summed E-state index contributed by atoms with van der Waals surface area (Å²) in [4.78, 5) is 36.4. The first-order valence-corrected chi connectivity index (χ1v) is 11.6. The van der Waals surface area contributed by atoms with E-state index in [1.807, 2.05) is 31.2 Å². The number of rotatable bonds is 10. The first-order valence-electron chi connectivity index (χ1n) is 11.6. The Hall–Kier alpha value is -3.35. The fourth-order valence-corrected chi connectivity index (χ4v) is 4.57. The molecule has 1 unspecified atom stereocenters. The van der Waals surface area contributed by atoms with Gasteiger partial charge < -0.3 is 20.5 Å². The molecule has 0 aromatic heterocycles. The highest BCUT2D eigenvalue weighted by atomic mass is 16.5. The van der Waals surface area contributed by atoms with Crippen molar-refractivity contribution in [2.24, 2.45) is 0 Å². The Labute approximate surface area is 193 Å². The summed E-state index contributed by atoms with van der Waals surface area (Å²) >= 11 is 0. The molecular formula is C26H30N2O5. The minimum Gasteiger partial charge on any atom is -0.480 e. The van der Waals surface area contributed by atoms with Crippen molar-refractivity contribution in [2.75, 3.05) is 6.61 Å². The van der Waals surface area contributed by atoms with Crippen LogP contribution in [0.5, 0.6) is 0 Å². The molecule has 0 heterocycles. The van der Waals surface area contributed by atoms with Crippen molar-refractivity contribution in [3.63, 3.8) is 0 Å². The lowest BCUT2D eigenvalue weighted by molar-refractivity contribution is -0.142. The molecule has 7 heteroatoms. The van der Waals surface area contributed by atoms with Gasteiger partial charge in [0.15, 0.2) is 0 Å². The molecule has 0 radical (unpaired) electrons. The summed E-state index contributed by atoms with van der Waals surface area (Å²) in [5, 5.41) is 14.8. The van der Waals surface area contributed by atoms with E-state index < -0.39 is 23.6 Å². The normalized spacial score (nSPS) is 16.3. The number of hydrogen-bond acceptors (Lipinski definition) is 4. The van der Waals surface area contributed by atoms with Gasteiger partial charge in [-0.25, -0.2) is 9.59 Å². The highest BCUT2D eigenvalue weighted by molar-refractivity contribution is 5.85. The number of carbonyl (C=O) groups excluding carboxylic acids is 2. The SMILES string of the molecule is CCCCC(NC(=O)CC1(NC(=O)OCC2c3ccccc3-c3ccccc32)CC1)C(=O)O. The van der Waals surface area contributed by atoms with Gasteiger partial charge in [-0.15, -0.1) is 0 Å². The third kappa shape index (κ3) is 5.18. The summed E-state index contributed by atoms with van der Waals surface area (Å²) < 4.78 is 5.59. The Balaban J connectivity index is 1.32. The molecule has 3 N–H and O–H groups in total. The predicted octanol–water partition coefficient (Wildman–Crippen LogP) is 4.21. The lowest BCUT2D eigenvalue weighted by atomic mass is 9.98. The molecule has 7 nitrogen and oxygen atoms in total. The van der Waals surface area contributed by atoms with Gasteiger partial charge in [0.1, 0.15) is 12.6 Å². The molecule has 33 heavy (non-hydrogen) atoms. The molecular weight excluding hydrogens is 420 g/mol. The standard InChI is InChI=1S/C26H30N2O5/c1-2-3-12-22(24(30)31)27-23(29)15-26(13-14-26)28-25(32)33-16-21-19-10-6-4-8-17(19)18-9-5-7-11-20(18)21/h4-11,21-22H,2-3,12-16H2,1H3,(H,27,29)(H,28,32)(H,30,31). The maximum Gasteiger partial charge on any atom is 0.407 e. The number of carboxylic acid groups (broad SMARTS) is 1. The molecule has 2 amide bonds. The van der Waals surface area contributed by atoms with Crippen LogP contribution in [0, 0.1) is 0 Å². The van der Waals surface area contributed by atoms with Crippen molar-refractivity contribution in [2.45, 2.75) is 62.9 Å². The van der Waals surface area contributed by atoms with E-state index in [4.69, 9.17) is 4.74 Å². The van der Waals surface area contributed by atoms with Crippen molar-refractivity contribution in [1.82, 2.24) is 10.6 Å². The molecule has 2 aromatic rings. The lowest BCUT2D eigenvalue weighted by Gasteiger charge is -2.20. The topological polar surface area (TPSA) is 105 Å². The smallest absolute Gasteiger partial charge is 0.407 e. The molecule has 0 saturated heterocycles. The second-order valence-electron chi connectivity index (χ2n) is 9.01. The number of carboxylic acids is 1. The van der Waals surface area contributed by atoms with Gasteiger partial charge in [-0.05, 0) is 41.5 Å². The highest BCUT2D eigenvalue weighted by Gasteiger charge is 2.46. The van der Waals surface area contributed by atoms with Crippen LogP contribution in [0.2, 0.25) is 0 Å². The number of amides is 2. The number of alkyl carbamates (subject to hydrolysis) is 1. The van der Waals surface area contributed by atoms with Crippen LogP contribution in [0.1, 0.15) is 62.5 Å². The second-order valence-corrected chi connectivity index (χ2v) is 9.01. The van der Waals surface area contributed by atoms with E-state index in [0.717, 1.165) is 35.1 Å². The van der Waals surface area contributed by atoms with Crippen LogP contribution in [-0.4, -0.2) is 41.3 Å². The van der Waals surface area contributed by atoms with Gasteiger partial charge in [0.25, 0.3) is 0 Å². The number of benzene rings is 2. The Morgan fingerprint density at radius 1 is 1.06 bits per heavy atom. The average Bonchev–Trinajstić information content (AvgIpc) is 3.47. The average molecular weight is 451 g/mol. The minimum atomic E-state index is -1.04. The molecule has 2 aromatic carbocycles. The zero-order valence-corrected chi connectivity index (χ0v) is 18.8. The third-order valence-corrected chi connectivity index (χ3v) is 6.54. The van der Waals surface area contributed by atoms with Crippen molar-refractivity contribution in [1.29, 1.82) is 0 Å². The van der Waals surface area contributed by atoms with Gasteiger partial charge in [0.05, 0.1) is 5.54 Å². The Kier molecular flexibility index (Phi) is 6.67. The molecule has 174 valence electrons. The minimum absolute atomic E-state index is 0.0310. The van der Waals surface area contributed by atoms with Crippen LogP contribution in [-0.2, 0) is 14.3 Å². The summed E-state index contributed by atoms with van der Waals surface area (Å²) in [6.07, 6.45) is 2.79. The molecule has 2 aliphatic carbocycles. The second kappa shape index (κ2) is 9.65. The Bertz CT molecular complexity index is 1000. The van der Waals surface area contributed by atoms with Crippen molar-refractivity contribution in [3.05, 3.63) is 59.7 Å². The van der Waals surface area contributed by atoms with Crippen LogP contribution in [0.3, 0.4) is 0 Å². The molecule has 2 aliphatic rings. The first-order chi connectivity index (χ1) is 15.9. The monoisotopic (exact) mass is 450 g/mol. The Morgan fingerprint density at radius 2 is 1.67 bits per heavy atom. The number of aliphatic carboxylic acids is 1. The molecule has 1 fully saturated rings. The van der Waals surface area contributed by atoms with Crippen molar-refractivity contribution in [3.8, 4) is 11.1 Å². The number of unbranched alkanes of at least 4 members (excludes halogenated alkanes) is 1. The van der Waals surface area contributed by atoms with Crippen LogP contribution in [0.4, 0.5) is 4.79 Å². The largest absolute Gasteiger partial charge is 0.480 e. The molecule has 1 atom stereocenters. The summed E-state index contributed by atoms with van der Waals surface area (Å²) in [5.41, 5.74) is 3.94. The summed E-state index contributed by atoms with van der Waals surface area (Å²) in [6.45, 7) is 2.18. The molecule has 1 saturated carbocycles. The van der Waals surface area contributed by atoms with E-state index in [1.54, 1.807) is 0 Å². The fraction of sp³-hybridized carbons (Fsp3) is 0.423. The number of hydrogen-bond donors (Lipinski definition) is 3. The van der Waals surface area contributed by atoms with Crippen molar-refractivity contribution >= 4 is 18.0 Å². The zero-order chi connectivity index (χ0) is 23.4. The van der Waals surface area contributed by atoms with Crippen LogP contribution >= 0.6 is 0 Å². The van der Waals surface area contributed by atoms with Crippen LogP contribution in [0.25, 0.3) is 11.1 Å². The quantitative estimate of drug-likeness (QED) is 0.503. The maximum absolute atomic E-state index is 12.6. The molecule has 0 spiro atoms. The van der Waals surface area contributed by atoms with E-state index in [9.17, 15) is 19.5 Å². The van der Waals surface area contributed by atoms with Gasteiger partial charge in [0.2, 0.25) is 5.91 Å². The van der Waals surface area contributed by atoms with E-state index in [-0.39, 0.29) is 24.9 Å². The molecule has 4 rings (SSSR count). The third-order valence-electron chi connectivity index (χ3n) is 6.54. The number of nitrogens with one attached hydrogen (secondary N) is 2. The number of ether oxygens (including phenoxy) is 1. The number of fused-ring (bicyclic) bond motifs is 3. The summed E-state index contributed by atoms with van der Waals surface area (Å²) in [7, 11) is 0. The van der Waals surface area contributed by atoms with Crippen LogP contribution in [0.15, 0.2) is 48.5 Å². The van der Waals surface area contributed by atoms with Gasteiger partial charge in [-0.1, -0.05) is 68.3 Å². The van der Waals surface area contributed by atoms with Crippen molar-refractivity contribution < 1.29 is 24.2 Å². The number of carbonyl (C=O) groups is 3. The highest BCUT2D eigenvalue weighted by Crippen LogP contribution is 2.44. The lowest BCUT2D eigenvalue weighted by Crippen LogP contribution is -2.46. The molecule has 0 bridgehead atoms. The van der Waals surface area contributed by atoms with Gasteiger partial charge in [-0.3, -0.25) is 4.79 Å². The summed E-state index contributed by atoms with van der Waals surface area (Å²) in [6, 6.07) is 15.4. The van der Waals surface area contributed by atoms with Gasteiger partial charge in [-0.2, -0.15) is 0 Å². The van der Waals surface area contributed by atoms with E-state index in [0.29, 0.717) is 19.3 Å². The maximum atomic E-state index is 12.6. The Morgan fingerprint density at radius 3 is 2.21 bits per heavy atom. The first kappa shape index (κ1) is 22.8. The molecule has 0 aliphatic heterocycles. The van der Waals surface area contributed by atoms with E-state index >= 15 is 0 Å².